The monoisotopic (exact) mass is 237 g/mol. The number of hydrogen-bond acceptors (Lipinski definition) is 4. The molecule has 2 N–H and O–H groups in total. The highest BCUT2D eigenvalue weighted by atomic mass is 16.4. The average Bonchev–Trinajstić information content (AvgIpc) is 2.78. The van der Waals surface area contributed by atoms with Gasteiger partial charge in [-0.15, -0.1) is 0 Å². The van der Waals surface area contributed by atoms with Crippen LogP contribution in [0.5, 0.6) is 0 Å². The third-order valence-electron chi connectivity index (χ3n) is 2.69. The summed E-state index contributed by atoms with van der Waals surface area (Å²) in [6.07, 6.45) is 3.30. The van der Waals surface area contributed by atoms with Crippen molar-refractivity contribution in [3.8, 4) is 0 Å². The second-order valence-electron chi connectivity index (χ2n) is 3.79. The molecule has 0 aliphatic carbocycles. The molecule has 2 rings (SSSR count). The number of aliphatic carboxylic acids is 1. The summed E-state index contributed by atoms with van der Waals surface area (Å²) in [7, 11) is 0. The van der Waals surface area contributed by atoms with E-state index in [1.807, 2.05) is 0 Å². The smallest absolute Gasteiger partial charge is 0.326 e. The van der Waals surface area contributed by atoms with Crippen molar-refractivity contribution in [2.24, 2.45) is 0 Å². The summed E-state index contributed by atoms with van der Waals surface area (Å²) in [4.78, 5) is 41.0. The fourth-order valence-corrected chi connectivity index (χ4v) is 1.87. The third kappa shape index (κ3) is 2.17. The number of amides is 1. The Balaban J connectivity index is 2.22. The van der Waals surface area contributed by atoms with Crippen LogP contribution in [-0.4, -0.2) is 44.4 Å². The van der Waals surface area contributed by atoms with E-state index in [-0.39, 0.29) is 5.69 Å². The molecule has 0 saturated carbocycles. The Morgan fingerprint density at radius 3 is 2.88 bits per heavy atom. The Bertz CT molecular complexity index is 490. The fraction of sp³-hybridized carbons (Fsp3) is 0.400. The first-order valence-electron chi connectivity index (χ1n) is 5.18. The van der Waals surface area contributed by atoms with Crippen molar-refractivity contribution in [3.63, 3.8) is 0 Å². The van der Waals surface area contributed by atoms with Gasteiger partial charge in [0.05, 0.1) is 6.20 Å². The van der Waals surface area contributed by atoms with Crippen molar-refractivity contribution in [2.75, 3.05) is 6.54 Å². The average molecular weight is 237 g/mol. The van der Waals surface area contributed by atoms with Crippen LogP contribution in [0.15, 0.2) is 17.2 Å². The summed E-state index contributed by atoms with van der Waals surface area (Å²) >= 11 is 0. The van der Waals surface area contributed by atoms with E-state index in [0.29, 0.717) is 19.4 Å². The normalized spacial score (nSPS) is 19.3. The number of H-pyrrole nitrogens is 1. The summed E-state index contributed by atoms with van der Waals surface area (Å²) in [5.74, 6) is -1.48. The Labute approximate surface area is 96.1 Å². The topological polar surface area (TPSA) is 103 Å². The number of carboxylic acids is 1. The van der Waals surface area contributed by atoms with Gasteiger partial charge in [0.15, 0.2) is 0 Å². The van der Waals surface area contributed by atoms with Gasteiger partial charge in [-0.05, 0) is 12.8 Å². The molecule has 1 amide bonds. The lowest BCUT2D eigenvalue weighted by Gasteiger charge is -2.20. The van der Waals surface area contributed by atoms with E-state index in [0.717, 1.165) is 6.20 Å². The molecule has 1 saturated heterocycles. The van der Waals surface area contributed by atoms with Gasteiger partial charge in [0.25, 0.3) is 11.5 Å². The van der Waals surface area contributed by atoms with E-state index < -0.39 is 23.5 Å². The number of aromatic amines is 1. The highest BCUT2D eigenvalue weighted by Gasteiger charge is 2.34. The molecule has 2 heterocycles. The van der Waals surface area contributed by atoms with Crippen LogP contribution < -0.4 is 5.56 Å². The minimum absolute atomic E-state index is 0.0535. The number of carbonyl (C=O) groups excluding carboxylic acids is 1. The van der Waals surface area contributed by atoms with Crippen LogP contribution in [0.2, 0.25) is 0 Å². The molecule has 0 aromatic carbocycles. The lowest BCUT2D eigenvalue weighted by Crippen LogP contribution is -2.40. The molecule has 1 fully saturated rings. The molecule has 1 aromatic rings. The van der Waals surface area contributed by atoms with Crippen LogP contribution in [0, 0.1) is 0 Å². The second kappa shape index (κ2) is 4.36. The number of likely N-dealkylation sites (tertiary alicyclic amines) is 1. The van der Waals surface area contributed by atoms with Crippen molar-refractivity contribution in [1.29, 1.82) is 0 Å². The Kier molecular flexibility index (Phi) is 2.90. The highest BCUT2D eigenvalue weighted by Crippen LogP contribution is 2.19. The van der Waals surface area contributed by atoms with Gasteiger partial charge in [-0.25, -0.2) is 9.78 Å². The zero-order valence-corrected chi connectivity index (χ0v) is 8.92. The molecule has 1 unspecified atom stereocenters. The van der Waals surface area contributed by atoms with E-state index >= 15 is 0 Å². The predicted molar refractivity (Wildman–Crippen MR) is 56.6 cm³/mol. The van der Waals surface area contributed by atoms with Gasteiger partial charge >= 0.3 is 5.97 Å². The van der Waals surface area contributed by atoms with Gasteiger partial charge in [-0.2, -0.15) is 0 Å². The first kappa shape index (κ1) is 11.3. The predicted octanol–water partition coefficient (Wildman–Crippen LogP) is -0.541. The fourth-order valence-electron chi connectivity index (χ4n) is 1.87. The summed E-state index contributed by atoms with van der Waals surface area (Å²) in [5.41, 5.74) is -0.351. The Hall–Kier alpha value is -2.18. The lowest BCUT2D eigenvalue weighted by molar-refractivity contribution is -0.141. The van der Waals surface area contributed by atoms with Gasteiger partial charge < -0.3 is 15.0 Å². The molecule has 1 aromatic heterocycles. The van der Waals surface area contributed by atoms with Crippen LogP contribution in [0.3, 0.4) is 0 Å². The largest absolute Gasteiger partial charge is 0.480 e. The first-order valence-corrected chi connectivity index (χ1v) is 5.18. The number of carbonyl (C=O) groups is 2. The van der Waals surface area contributed by atoms with Gasteiger partial charge in [0, 0.05) is 12.7 Å². The maximum atomic E-state index is 12.0. The van der Waals surface area contributed by atoms with Gasteiger partial charge in [0.2, 0.25) is 0 Å². The number of carboxylic acid groups (broad SMARTS) is 1. The maximum absolute atomic E-state index is 12.0. The van der Waals surface area contributed by atoms with Gasteiger partial charge in [0.1, 0.15) is 11.7 Å². The van der Waals surface area contributed by atoms with Gasteiger partial charge in [-0.3, -0.25) is 9.59 Å². The molecule has 0 bridgehead atoms. The number of rotatable bonds is 2. The minimum atomic E-state index is -1.01. The third-order valence-corrected chi connectivity index (χ3v) is 2.69. The second-order valence-corrected chi connectivity index (χ2v) is 3.79. The summed E-state index contributed by atoms with van der Waals surface area (Å²) < 4.78 is 0. The Morgan fingerprint density at radius 1 is 1.53 bits per heavy atom. The van der Waals surface area contributed by atoms with E-state index in [1.165, 1.54) is 11.1 Å². The van der Waals surface area contributed by atoms with Crippen LogP contribution in [0.1, 0.15) is 23.3 Å². The Morgan fingerprint density at radius 2 is 2.29 bits per heavy atom. The molecular formula is C10H11N3O4. The van der Waals surface area contributed by atoms with Crippen molar-refractivity contribution in [3.05, 3.63) is 28.4 Å². The van der Waals surface area contributed by atoms with E-state index in [4.69, 9.17) is 5.11 Å². The zero-order valence-electron chi connectivity index (χ0n) is 8.92. The molecule has 7 heteroatoms. The first-order chi connectivity index (χ1) is 8.09. The zero-order chi connectivity index (χ0) is 12.4. The van der Waals surface area contributed by atoms with Crippen LogP contribution in [0.4, 0.5) is 0 Å². The number of nitrogens with zero attached hydrogens (tertiary/aromatic N) is 2. The standard InChI is InChI=1S/C10H11N3O4/c14-8-5-11-6(4-12-8)9(15)13-3-1-2-7(13)10(16)17/h4-5,7H,1-3H2,(H,12,14)(H,16,17). The molecule has 90 valence electrons. The van der Waals surface area contributed by atoms with E-state index in [1.54, 1.807) is 0 Å². The molecule has 1 aliphatic rings. The van der Waals surface area contributed by atoms with Crippen molar-refractivity contribution < 1.29 is 14.7 Å². The highest BCUT2D eigenvalue weighted by molar-refractivity contribution is 5.95. The summed E-state index contributed by atoms with van der Waals surface area (Å²) in [5, 5.41) is 8.95. The molecule has 17 heavy (non-hydrogen) atoms. The lowest BCUT2D eigenvalue weighted by atomic mass is 10.2. The molecule has 1 aliphatic heterocycles. The molecule has 0 radical (unpaired) electrons. The van der Waals surface area contributed by atoms with Crippen molar-refractivity contribution in [1.82, 2.24) is 14.9 Å². The quantitative estimate of drug-likeness (QED) is 0.718. The van der Waals surface area contributed by atoms with Gasteiger partial charge in [-0.1, -0.05) is 0 Å². The molecule has 7 nitrogen and oxygen atoms in total. The number of hydrogen-bond donors (Lipinski definition) is 2. The number of nitrogens with one attached hydrogen (secondary N) is 1. The van der Waals surface area contributed by atoms with Crippen LogP contribution in [0.25, 0.3) is 0 Å². The molecule has 0 spiro atoms. The minimum Gasteiger partial charge on any atom is -0.480 e. The van der Waals surface area contributed by atoms with E-state index in [2.05, 4.69) is 9.97 Å². The van der Waals surface area contributed by atoms with Crippen LogP contribution in [-0.2, 0) is 4.79 Å². The van der Waals surface area contributed by atoms with Crippen LogP contribution >= 0.6 is 0 Å². The summed E-state index contributed by atoms with van der Waals surface area (Å²) in [6, 6.07) is -0.795. The van der Waals surface area contributed by atoms with Crippen molar-refractivity contribution >= 4 is 11.9 Å². The molecule has 1 atom stereocenters. The SMILES string of the molecule is O=C(O)C1CCCN1C(=O)c1c[nH]c(=O)cn1. The summed E-state index contributed by atoms with van der Waals surface area (Å²) in [6.45, 7) is 0.399. The number of aromatic nitrogens is 2. The maximum Gasteiger partial charge on any atom is 0.326 e. The van der Waals surface area contributed by atoms with E-state index in [9.17, 15) is 14.4 Å². The van der Waals surface area contributed by atoms with Crippen molar-refractivity contribution in [2.45, 2.75) is 18.9 Å². The molecular weight excluding hydrogens is 226 g/mol.